The number of carbonyl (C=O) groups excluding carboxylic acids is 1. The molecule has 0 saturated heterocycles. The molecule has 100 valence electrons. The summed E-state index contributed by atoms with van der Waals surface area (Å²) in [5, 5.41) is 13.4. The van der Waals surface area contributed by atoms with Gasteiger partial charge in [0.05, 0.1) is 17.8 Å². The third-order valence-electron chi connectivity index (χ3n) is 2.66. The summed E-state index contributed by atoms with van der Waals surface area (Å²) in [6.45, 7) is 1.96. The van der Waals surface area contributed by atoms with E-state index < -0.39 is 5.91 Å². The largest absolute Gasteiger partial charge is 0.272 e. The maximum absolute atomic E-state index is 11.1. The fourth-order valence-corrected chi connectivity index (χ4v) is 1.90. The molecular weight excluding hydrogens is 276 g/mol. The highest BCUT2D eigenvalue weighted by Crippen LogP contribution is 2.21. The van der Waals surface area contributed by atoms with Gasteiger partial charge in [-0.2, -0.15) is 10.4 Å². The van der Waals surface area contributed by atoms with E-state index in [1.165, 1.54) is 6.21 Å². The molecule has 0 aliphatic rings. The minimum Gasteiger partial charge on any atom is -0.272 e. The van der Waals surface area contributed by atoms with Crippen molar-refractivity contribution in [2.75, 3.05) is 0 Å². The number of nitrogens with zero attached hydrogens (tertiary/aromatic N) is 3. The number of amides is 1. The van der Waals surface area contributed by atoms with E-state index in [0.29, 0.717) is 10.7 Å². The van der Waals surface area contributed by atoms with Gasteiger partial charge in [0, 0.05) is 10.9 Å². The molecule has 6 heteroatoms. The Labute approximate surface area is 120 Å². The SMILES string of the molecule is Cc1cccc2cc(/C=N\NC(=O)CC#N)c(Cl)nc12. The predicted molar refractivity (Wildman–Crippen MR) is 77.5 cm³/mol. The predicted octanol–water partition coefficient (Wildman–Crippen LogP) is 2.56. The second-order valence-corrected chi connectivity index (χ2v) is 4.50. The summed E-state index contributed by atoms with van der Waals surface area (Å²) in [6.07, 6.45) is 1.17. The highest BCUT2D eigenvalue weighted by molar-refractivity contribution is 6.32. The van der Waals surface area contributed by atoms with E-state index in [-0.39, 0.29) is 6.42 Å². The number of aryl methyl sites for hydroxylation is 1. The zero-order valence-corrected chi connectivity index (χ0v) is 11.5. The smallest absolute Gasteiger partial charge is 0.254 e. The Morgan fingerprint density at radius 2 is 2.40 bits per heavy atom. The zero-order chi connectivity index (χ0) is 14.5. The van der Waals surface area contributed by atoms with Gasteiger partial charge in [-0.3, -0.25) is 4.79 Å². The Balaban J connectivity index is 2.27. The molecule has 1 N–H and O–H groups in total. The molecule has 0 saturated carbocycles. The van der Waals surface area contributed by atoms with Crippen molar-refractivity contribution in [3.8, 4) is 6.07 Å². The van der Waals surface area contributed by atoms with E-state index >= 15 is 0 Å². The number of benzene rings is 1. The molecule has 20 heavy (non-hydrogen) atoms. The first-order chi connectivity index (χ1) is 9.61. The van der Waals surface area contributed by atoms with Crippen LogP contribution in [0.15, 0.2) is 29.4 Å². The number of nitrogens with one attached hydrogen (secondary N) is 1. The molecule has 2 rings (SSSR count). The van der Waals surface area contributed by atoms with E-state index in [2.05, 4.69) is 15.5 Å². The maximum atomic E-state index is 11.1. The van der Waals surface area contributed by atoms with E-state index in [9.17, 15) is 4.79 Å². The second kappa shape index (κ2) is 6.13. The number of para-hydroxylation sites is 1. The van der Waals surface area contributed by atoms with E-state index in [4.69, 9.17) is 16.9 Å². The van der Waals surface area contributed by atoms with Crippen LogP contribution in [0.3, 0.4) is 0 Å². The van der Waals surface area contributed by atoms with Gasteiger partial charge in [-0.1, -0.05) is 29.8 Å². The lowest BCUT2D eigenvalue weighted by Gasteiger charge is -2.04. The average molecular weight is 287 g/mol. The Kier molecular flexibility index (Phi) is 4.28. The third kappa shape index (κ3) is 3.11. The summed E-state index contributed by atoms with van der Waals surface area (Å²) >= 11 is 6.08. The number of carbonyl (C=O) groups is 1. The summed E-state index contributed by atoms with van der Waals surface area (Å²) < 4.78 is 0. The van der Waals surface area contributed by atoms with Crippen molar-refractivity contribution in [1.82, 2.24) is 10.4 Å². The van der Waals surface area contributed by atoms with Crippen LogP contribution in [0.25, 0.3) is 10.9 Å². The van der Waals surface area contributed by atoms with Crippen molar-refractivity contribution in [1.29, 1.82) is 5.26 Å². The standard InChI is InChI=1S/C14H11ClN4O/c1-9-3-2-4-10-7-11(14(15)18-13(9)10)8-17-19-12(20)5-6-16/h2-4,7-8H,5H2,1H3,(H,19,20)/b17-8-. The van der Waals surface area contributed by atoms with Crippen molar-refractivity contribution in [3.05, 3.63) is 40.5 Å². The molecule has 0 atom stereocenters. The number of hydrazone groups is 1. The second-order valence-electron chi connectivity index (χ2n) is 4.14. The van der Waals surface area contributed by atoms with E-state index in [0.717, 1.165) is 16.5 Å². The van der Waals surface area contributed by atoms with Gasteiger partial charge in [0.1, 0.15) is 11.6 Å². The molecule has 0 spiro atoms. The summed E-state index contributed by atoms with van der Waals surface area (Å²) in [5.41, 5.74) is 4.71. The lowest BCUT2D eigenvalue weighted by molar-refractivity contribution is -0.120. The van der Waals surface area contributed by atoms with Crippen LogP contribution in [0.4, 0.5) is 0 Å². The number of nitriles is 1. The fraction of sp³-hybridized carbons (Fsp3) is 0.143. The van der Waals surface area contributed by atoms with Gasteiger partial charge in [0.25, 0.3) is 5.91 Å². The molecule has 0 radical (unpaired) electrons. The molecule has 2 aromatic rings. The number of rotatable bonds is 3. The van der Waals surface area contributed by atoms with Gasteiger partial charge in [-0.05, 0) is 18.6 Å². The first-order valence-electron chi connectivity index (χ1n) is 5.86. The van der Waals surface area contributed by atoms with Crippen molar-refractivity contribution in [2.24, 2.45) is 5.10 Å². The zero-order valence-electron chi connectivity index (χ0n) is 10.7. The van der Waals surface area contributed by atoms with E-state index in [1.807, 2.05) is 31.2 Å². The average Bonchev–Trinajstić information content (AvgIpc) is 2.41. The van der Waals surface area contributed by atoms with Gasteiger partial charge in [-0.15, -0.1) is 0 Å². The normalized spacial score (nSPS) is 10.7. The first kappa shape index (κ1) is 14.0. The summed E-state index contributed by atoms with van der Waals surface area (Å²) in [6, 6.07) is 9.40. The Bertz CT molecular complexity index is 734. The number of fused-ring (bicyclic) bond motifs is 1. The monoisotopic (exact) mass is 286 g/mol. The minimum absolute atomic E-state index is 0.236. The van der Waals surface area contributed by atoms with Crippen molar-refractivity contribution in [2.45, 2.75) is 13.3 Å². The van der Waals surface area contributed by atoms with Crippen molar-refractivity contribution < 1.29 is 4.79 Å². The van der Waals surface area contributed by atoms with E-state index in [1.54, 1.807) is 6.07 Å². The highest BCUT2D eigenvalue weighted by Gasteiger charge is 2.05. The molecule has 1 aromatic heterocycles. The van der Waals surface area contributed by atoms with Gasteiger partial charge < -0.3 is 0 Å². The molecule has 0 aliphatic carbocycles. The third-order valence-corrected chi connectivity index (χ3v) is 2.96. The van der Waals surface area contributed by atoms with Gasteiger partial charge in [0.2, 0.25) is 0 Å². The molecule has 5 nitrogen and oxygen atoms in total. The molecule has 1 amide bonds. The molecular formula is C14H11ClN4O. The molecule has 0 fully saturated rings. The first-order valence-corrected chi connectivity index (χ1v) is 6.24. The topological polar surface area (TPSA) is 78.1 Å². The van der Waals surface area contributed by atoms with Gasteiger partial charge >= 0.3 is 0 Å². The lowest BCUT2D eigenvalue weighted by Crippen LogP contribution is -2.16. The van der Waals surface area contributed by atoms with Crippen LogP contribution < -0.4 is 5.43 Å². The number of hydrogen-bond donors (Lipinski definition) is 1. The van der Waals surface area contributed by atoms with Gasteiger partial charge in [-0.25, -0.2) is 10.4 Å². The Hall–Kier alpha value is -2.45. The molecule has 0 aliphatic heterocycles. The molecule has 1 heterocycles. The van der Waals surface area contributed by atoms with Crippen molar-refractivity contribution in [3.63, 3.8) is 0 Å². The number of halogens is 1. The van der Waals surface area contributed by atoms with Crippen LogP contribution in [0, 0.1) is 18.3 Å². The number of hydrogen-bond acceptors (Lipinski definition) is 4. The molecule has 0 unspecified atom stereocenters. The number of aromatic nitrogens is 1. The molecule has 0 bridgehead atoms. The summed E-state index contributed by atoms with van der Waals surface area (Å²) in [7, 11) is 0. The minimum atomic E-state index is -0.468. The van der Waals surface area contributed by atoms with Crippen LogP contribution in [0.1, 0.15) is 17.5 Å². The van der Waals surface area contributed by atoms with Crippen molar-refractivity contribution >= 4 is 34.6 Å². The van der Waals surface area contributed by atoms with Crippen LogP contribution in [0.2, 0.25) is 5.15 Å². The Morgan fingerprint density at radius 3 is 3.15 bits per heavy atom. The lowest BCUT2D eigenvalue weighted by atomic mass is 10.1. The fourth-order valence-electron chi connectivity index (χ4n) is 1.72. The van der Waals surface area contributed by atoms with Crippen LogP contribution >= 0.6 is 11.6 Å². The van der Waals surface area contributed by atoms with Crippen LogP contribution in [-0.2, 0) is 4.79 Å². The Morgan fingerprint density at radius 1 is 1.60 bits per heavy atom. The summed E-state index contributed by atoms with van der Waals surface area (Å²) in [5.74, 6) is -0.468. The van der Waals surface area contributed by atoms with Crippen LogP contribution in [-0.4, -0.2) is 17.1 Å². The summed E-state index contributed by atoms with van der Waals surface area (Å²) in [4.78, 5) is 15.4. The van der Waals surface area contributed by atoms with Gasteiger partial charge in [0.15, 0.2) is 0 Å². The number of pyridine rings is 1. The highest BCUT2D eigenvalue weighted by atomic mass is 35.5. The maximum Gasteiger partial charge on any atom is 0.254 e. The quantitative estimate of drug-likeness (QED) is 0.535. The van der Waals surface area contributed by atoms with Crippen LogP contribution in [0.5, 0.6) is 0 Å². The molecule has 1 aromatic carbocycles.